The number of carbonyl (C=O) groups excluding carboxylic acids is 1. The molecule has 0 atom stereocenters. The van der Waals surface area contributed by atoms with Crippen LogP contribution in [-0.4, -0.2) is 12.5 Å². The van der Waals surface area contributed by atoms with Crippen LogP contribution in [0.5, 0.6) is 5.75 Å². The molecule has 3 nitrogen and oxygen atoms in total. The van der Waals surface area contributed by atoms with E-state index < -0.39 is 6.61 Å². The Labute approximate surface area is 145 Å². The van der Waals surface area contributed by atoms with Crippen molar-refractivity contribution < 1.29 is 18.3 Å². The van der Waals surface area contributed by atoms with Crippen LogP contribution in [0.1, 0.15) is 11.1 Å². The predicted molar refractivity (Wildman–Crippen MR) is 89.3 cm³/mol. The highest BCUT2D eigenvalue weighted by molar-refractivity contribution is 9.10. The highest BCUT2D eigenvalue weighted by Crippen LogP contribution is 2.37. The molecule has 0 saturated heterocycles. The summed E-state index contributed by atoms with van der Waals surface area (Å²) < 4.78 is 29.7. The van der Waals surface area contributed by atoms with Gasteiger partial charge in [0, 0.05) is 5.02 Å². The van der Waals surface area contributed by atoms with Crippen molar-refractivity contribution in [2.75, 3.05) is 5.32 Å². The zero-order chi connectivity index (χ0) is 17.0. The van der Waals surface area contributed by atoms with E-state index in [0.29, 0.717) is 0 Å². The van der Waals surface area contributed by atoms with E-state index in [2.05, 4.69) is 26.0 Å². The number of halogens is 4. The highest BCUT2D eigenvalue weighted by Gasteiger charge is 2.17. The molecule has 0 unspecified atom stereocenters. The third-order valence-corrected chi connectivity index (χ3v) is 3.78. The van der Waals surface area contributed by atoms with Crippen molar-refractivity contribution in [3.05, 3.63) is 57.0 Å². The maximum atomic E-state index is 12.5. The van der Waals surface area contributed by atoms with Crippen molar-refractivity contribution in [1.29, 1.82) is 0 Å². The van der Waals surface area contributed by atoms with Crippen molar-refractivity contribution in [2.24, 2.45) is 0 Å². The van der Waals surface area contributed by atoms with Gasteiger partial charge >= 0.3 is 6.61 Å². The lowest BCUT2D eigenvalue weighted by Crippen LogP contribution is -2.16. The molecular formula is C16H13BrClF2NO2. The summed E-state index contributed by atoms with van der Waals surface area (Å²) in [6.07, 6.45) is 0.110. The van der Waals surface area contributed by atoms with Gasteiger partial charge in [0.25, 0.3) is 0 Å². The fourth-order valence-corrected chi connectivity index (χ4v) is 2.85. The molecule has 0 aliphatic carbocycles. The summed E-state index contributed by atoms with van der Waals surface area (Å²) in [7, 11) is 0. The molecule has 0 spiro atoms. The second-order valence-corrected chi connectivity index (χ2v) is 6.14. The SMILES string of the molecule is Cc1ccc(CC(=O)Nc2cc(Cl)cc(Br)c2OC(F)F)cc1. The van der Waals surface area contributed by atoms with E-state index in [1.807, 2.05) is 31.2 Å². The Bertz CT molecular complexity index is 708. The maximum absolute atomic E-state index is 12.5. The number of aryl methyl sites for hydroxylation is 1. The molecule has 1 N–H and O–H groups in total. The van der Waals surface area contributed by atoms with Gasteiger partial charge in [-0.15, -0.1) is 0 Å². The number of amides is 1. The first-order chi connectivity index (χ1) is 10.8. The van der Waals surface area contributed by atoms with Gasteiger partial charge < -0.3 is 10.1 Å². The first-order valence-corrected chi connectivity index (χ1v) is 7.81. The number of hydrogen-bond acceptors (Lipinski definition) is 2. The Hall–Kier alpha value is -1.66. The van der Waals surface area contributed by atoms with E-state index >= 15 is 0 Å². The van der Waals surface area contributed by atoms with Gasteiger partial charge in [0.05, 0.1) is 16.6 Å². The summed E-state index contributed by atoms with van der Waals surface area (Å²) in [5.74, 6) is -0.524. The molecule has 0 radical (unpaired) electrons. The first-order valence-electron chi connectivity index (χ1n) is 6.64. The number of hydrogen-bond donors (Lipinski definition) is 1. The minimum Gasteiger partial charge on any atom is -0.431 e. The van der Waals surface area contributed by atoms with Crippen molar-refractivity contribution in [1.82, 2.24) is 0 Å². The fourth-order valence-electron chi connectivity index (χ4n) is 1.95. The molecule has 2 rings (SSSR count). The Balaban J connectivity index is 2.17. The Morgan fingerprint density at radius 1 is 1.30 bits per heavy atom. The summed E-state index contributed by atoms with van der Waals surface area (Å²) in [5.41, 5.74) is 1.98. The minimum atomic E-state index is -3.01. The Morgan fingerprint density at radius 3 is 2.57 bits per heavy atom. The number of benzene rings is 2. The standard InChI is InChI=1S/C16H13BrClF2NO2/c1-9-2-4-10(5-3-9)6-14(22)21-13-8-11(18)7-12(17)15(13)23-16(19)20/h2-5,7-8,16H,6H2,1H3,(H,21,22). The van der Waals surface area contributed by atoms with Crippen LogP contribution in [0.4, 0.5) is 14.5 Å². The molecule has 2 aromatic carbocycles. The van der Waals surface area contributed by atoms with E-state index in [1.165, 1.54) is 12.1 Å². The third kappa shape index (κ3) is 5.18. The second-order valence-electron chi connectivity index (χ2n) is 4.85. The molecule has 0 aliphatic heterocycles. The average Bonchev–Trinajstić information content (AvgIpc) is 2.45. The molecule has 0 aromatic heterocycles. The lowest BCUT2D eigenvalue weighted by molar-refractivity contribution is -0.115. The molecule has 23 heavy (non-hydrogen) atoms. The van der Waals surface area contributed by atoms with Crippen LogP contribution in [0.15, 0.2) is 40.9 Å². The Morgan fingerprint density at radius 2 is 1.96 bits per heavy atom. The van der Waals surface area contributed by atoms with Crippen molar-refractivity contribution >= 4 is 39.1 Å². The van der Waals surface area contributed by atoms with Crippen molar-refractivity contribution in [3.8, 4) is 5.75 Å². The lowest BCUT2D eigenvalue weighted by atomic mass is 10.1. The summed E-state index contributed by atoms with van der Waals surface area (Å²) in [4.78, 5) is 12.1. The molecule has 0 fully saturated rings. The smallest absolute Gasteiger partial charge is 0.387 e. The van der Waals surface area contributed by atoms with Gasteiger partial charge in [-0.05, 0) is 40.5 Å². The minimum absolute atomic E-state index is 0.0850. The second kappa shape index (κ2) is 7.75. The topological polar surface area (TPSA) is 38.3 Å². The van der Waals surface area contributed by atoms with E-state index in [0.717, 1.165) is 11.1 Å². The van der Waals surface area contributed by atoms with E-state index in [9.17, 15) is 13.6 Å². The molecule has 0 heterocycles. The molecule has 2 aromatic rings. The molecular weight excluding hydrogens is 392 g/mol. The first kappa shape index (κ1) is 17.7. The van der Waals surface area contributed by atoms with Crippen LogP contribution in [0.2, 0.25) is 5.02 Å². The molecule has 122 valence electrons. The number of ether oxygens (including phenoxy) is 1. The van der Waals surface area contributed by atoms with Gasteiger partial charge in [-0.25, -0.2) is 0 Å². The van der Waals surface area contributed by atoms with Crippen LogP contribution in [0.3, 0.4) is 0 Å². The van der Waals surface area contributed by atoms with Crippen molar-refractivity contribution in [2.45, 2.75) is 20.0 Å². The van der Waals surface area contributed by atoms with Gasteiger partial charge in [0.15, 0.2) is 5.75 Å². The zero-order valence-corrected chi connectivity index (χ0v) is 14.4. The highest BCUT2D eigenvalue weighted by atomic mass is 79.9. The molecule has 1 amide bonds. The summed E-state index contributed by atoms with van der Waals surface area (Å²) in [6.45, 7) is -1.07. The van der Waals surface area contributed by atoms with E-state index in [1.54, 1.807) is 0 Å². The van der Waals surface area contributed by atoms with E-state index in [4.69, 9.17) is 11.6 Å². The number of alkyl halides is 2. The quantitative estimate of drug-likeness (QED) is 0.744. The number of carbonyl (C=O) groups is 1. The third-order valence-electron chi connectivity index (χ3n) is 2.97. The summed E-state index contributed by atoms with van der Waals surface area (Å²) in [6, 6.07) is 10.2. The molecule has 7 heteroatoms. The van der Waals surface area contributed by atoms with Gasteiger partial charge in [0.2, 0.25) is 5.91 Å². The number of nitrogens with one attached hydrogen (secondary N) is 1. The van der Waals surface area contributed by atoms with Crippen LogP contribution >= 0.6 is 27.5 Å². The number of rotatable bonds is 5. The lowest BCUT2D eigenvalue weighted by Gasteiger charge is -2.14. The monoisotopic (exact) mass is 403 g/mol. The summed E-state index contributed by atoms with van der Waals surface area (Å²) in [5, 5.41) is 2.83. The normalized spacial score (nSPS) is 10.7. The fraction of sp³-hybridized carbons (Fsp3) is 0.188. The molecule has 0 bridgehead atoms. The van der Waals surface area contributed by atoms with Crippen LogP contribution < -0.4 is 10.1 Å². The molecule has 0 aliphatic rings. The van der Waals surface area contributed by atoms with Gasteiger partial charge in [-0.3, -0.25) is 4.79 Å². The van der Waals surface area contributed by atoms with Gasteiger partial charge in [0.1, 0.15) is 0 Å². The predicted octanol–water partition coefficient (Wildman–Crippen LogP) is 5.19. The van der Waals surface area contributed by atoms with Crippen LogP contribution in [0.25, 0.3) is 0 Å². The van der Waals surface area contributed by atoms with Crippen LogP contribution in [0, 0.1) is 6.92 Å². The zero-order valence-electron chi connectivity index (χ0n) is 12.1. The maximum Gasteiger partial charge on any atom is 0.387 e. The largest absolute Gasteiger partial charge is 0.431 e. The van der Waals surface area contributed by atoms with E-state index in [-0.39, 0.29) is 33.3 Å². The number of anilines is 1. The average molecular weight is 405 g/mol. The Kier molecular flexibility index (Phi) is 5.96. The van der Waals surface area contributed by atoms with Gasteiger partial charge in [-0.2, -0.15) is 8.78 Å². The van der Waals surface area contributed by atoms with Crippen LogP contribution in [-0.2, 0) is 11.2 Å². The molecule has 0 saturated carbocycles. The van der Waals surface area contributed by atoms with Crippen molar-refractivity contribution in [3.63, 3.8) is 0 Å². The van der Waals surface area contributed by atoms with Gasteiger partial charge in [-0.1, -0.05) is 41.4 Å². The summed E-state index contributed by atoms with van der Waals surface area (Å²) >= 11 is 8.99.